The van der Waals surface area contributed by atoms with Gasteiger partial charge < -0.3 is 5.32 Å². The third kappa shape index (κ3) is 2.29. The van der Waals surface area contributed by atoms with Crippen LogP contribution in [0.1, 0.15) is 18.7 Å². The molecule has 6 heteroatoms. The number of nitrogens with zero attached hydrogens (tertiary/aromatic N) is 4. The molecule has 0 radical (unpaired) electrons. The molecule has 1 saturated heterocycles. The topological polar surface area (TPSA) is 55.1 Å². The van der Waals surface area contributed by atoms with Crippen molar-refractivity contribution in [2.75, 3.05) is 23.4 Å². The van der Waals surface area contributed by atoms with Crippen molar-refractivity contribution < 1.29 is 0 Å². The number of hydrogen-bond donors (Lipinski definition) is 1. The SMILES string of the molecule is Cc1nnc2c(NCC3CCSCC3)nccn12. The summed E-state index contributed by atoms with van der Waals surface area (Å²) in [6.07, 6.45) is 6.29. The lowest BCUT2D eigenvalue weighted by Crippen LogP contribution is -2.19. The van der Waals surface area contributed by atoms with Gasteiger partial charge in [0.1, 0.15) is 5.82 Å². The summed E-state index contributed by atoms with van der Waals surface area (Å²) in [6, 6.07) is 0. The van der Waals surface area contributed by atoms with Crippen molar-refractivity contribution in [2.45, 2.75) is 19.8 Å². The van der Waals surface area contributed by atoms with E-state index in [1.165, 1.54) is 24.3 Å². The highest BCUT2D eigenvalue weighted by atomic mass is 32.2. The molecule has 2 aromatic heterocycles. The third-order valence-corrected chi connectivity index (χ3v) is 4.45. The van der Waals surface area contributed by atoms with Crippen molar-refractivity contribution in [1.29, 1.82) is 0 Å². The molecule has 0 amide bonds. The Kier molecular flexibility index (Phi) is 3.36. The number of fused-ring (bicyclic) bond motifs is 1. The van der Waals surface area contributed by atoms with Gasteiger partial charge in [-0.05, 0) is 37.2 Å². The number of nitrogens with one attached hydrogen (secondary N) is 1. The number of thioether (sulfide) groups is 1. The first-order valence-corrected chi connectivity index (χ1v) is 7.48. The molecule has 18 heavy (non-hydrogen) atoms. The Morgan fingerprint density at radius 1 is 1.39 bits per heavy atom. The molecule has 3 rings (SSSR count). The summed E-state index contributed by atoms with van der Waals surface area (Å²) in [4.78, 5) is 4.36. The van der Waals surface area contributed by atoms with Crippen molar-refractivity contribution in [3.05, 3.63) is 18.2 Å². The summed E-state index contributed by atoms with van der Waals surface area (Å²) >= 11 is 2.06. The maximum Gasteiger partial charge on any atom is 0.203 e. The van der Waals surface area contributed by atoms with Crippen LogP contribution in [0.15, 0.2) is 12.4 Å². The fraction of sp³-hybridized carbons (Fsp3) is 0.583. The molecule has 0 aliphatic carbocycles. The Hall–Kier alpha value is -1.30. The third-order valence-electron chi connectivity index (χ3n) is 3.40. The van der Waals surface area contributed by atoms with E-state index in [0.717, 1.165) is 29.8 Å². The molecule has 0 aromatic carbocycles. The van der Waals surface area contributed by atoms with Crippen molar-refractivity contribution in [2.24, 2.45) is 5.92 Å². The number of hydrogen-bond acceptors (Lipinski definition) is 5. The van der Waals surface area contributed by atoms with Crippen LogP contribution < -0.4 is 5.32 Å². The predicted octanol–water partition coefficient (Wildman–Crippen LogP) is 1.99. The van der Waals surface area contributed by atoms with Crippen molar-refractivity contribution in [1.82, 2.24) is 19.6 Å². The summed E-state index contributed by atoms with van der Waals surface area (Å²) in [6.45, 7) is 2.93. The minimum absolute atomic E-state index is 0.761. The van der Waals surface area contributed by atoms with Crippen LogP contribution in [0.2, 0.25) is 0 Å². The number of anilines is 1. The van der Waals surface area contributed by atoms with Gasteiger partial charge in [-0.25, -0.2) is 4.98 Å². The van der Waals surface area contributed by atoms with E-state index in [-0.39, 0.29) is 0 Å². The molecule has 1 fully saturated rings. The molecule has 96 valence electrons. The average Bonchev–Trinajstić information content (AvgIpc) is 2.80. The molecule has 1 aliphatic rings. The second-order valence-corrected chi connectivity index (χ2v) is 5.88. The van der Waals surface area contributed by atoms with E-state index in [9.17, 15) is 0 Å². The van der Waals surface area contributed by atoms with Gasteiger partial charge in [0.05, 0.1) is 0 Å². The first kappa shape index (κ1) is 11.8. The molecule has 5 nitrogen and oxygen atoms in total. The summed E-state index contributed by atoms with van der Waals surface area (Å²) in [5, 5.41) is 11.7. The van der Waals surface area contributed by atoms with Crippen LogP contribution in [0.3, 0.4) is 0 Å². The smallest absolute Gasteiger partial charge is 0.203 e. The van der Waals surface area contributed by atoms with Crippen molar-refractivity contribution >= 4 is 23.2 Å². The fourth-order valence-electron chi connectivity index (χ4n) is 2.26. The lowest BCUT2D eigenvalue weighted by Gasteiger charge is -2.21. The van der Waals surface area contributed by atoms with E-state index < -0.39 is 0 Å². The van der Waals surface area contributed by atoms with Gasteiger partial charge >= 0.3 is 0 Å². The van der Waals surface area contributed by atoms with Crippen LogP contribution in [0.5, 0.6) is 0 Å². The molecule has 3 heterocycles. The van der Waals surface area contributed by atoms with Gasteiger partial charge in [0.15, 0.2) is 5.82 Å². The number of aryl methyl sites for hydroxylation is 1. The fourth-order valence-corrected chi connectivity index (χ4v) is 3.46. The second-order valence-electron chi connectivity index (χ2n) is 4.65. The van der Waals surface area contributed by atoms with Crippen LogP contribution in [0.25, 0.3) is 5.65 Å². The summed E-state index contributed by atoms with van der Waals surface area (Å²) in [5.41, 5.74) is 0.820. The normalized spacial score (nSPS) is 17.2. The quantitative estimate of drug-likeness (QED) is 0.917. The maximum atomic E-state index is 4.36. The summed E-state index contributed by atoms with van der Waals surface area (Å²) in [5.74, 6) is 5.07. The van der Waals surface area contributed by atoms with Crippen LogP contribution in [0.4, 0.5) is 5.82 Å². The largest absolute Gasteiger partial charge is 0.367 e. The molecule has 0 unspecified atom stereocenters. The highest BCUT2D eigenvalue weighted by molar-refractivity contribution is 7.99. The van der Waals surface area contributed by atoms with E-state index in [0.29, 0.717) is 0 Å². The van der Waals surface area contributed by atoms with Crippen LogP contribution in [-0.4, -0.2) is 37.6 Å². The number of rotatable bonds is 3. The lowest BCUT2D eigenvalue weighted by molar-refractivity contribution is 0.515. The van der Waals surface area contributed by atoms with Crippen molar-refractivity contribution in [3.63, 3.8) is 0 Å². The van der Waals surface area contributed by atoms with E-state index >= 15 is 0 Å². The van der Waals surface area contributed by atoms with Gasteiger partial charge in [-0.1, -0.05) is 0 Å². The van der Waals surface area contributed by atoms with E-state index in [1.807, 2.05) is 17.5 Å². The molecular weight excluding hydrogens is 246 g/mol. The lowest BCUT2D eigenvalue weighted by atomic mass is 10.0. The zero-order chi connectivity index (χ0) is 12.4. The van der Waals surface area contributed by atoms with Gasteiger partial charge in [-0.15, -0.1) is 10.2 Å². The Morgan fingerprint density at radius 2 is 2.22 bits per heavy atom. The van der Waals surface area contributed by atoms with Gasteiger partial charge in [0.2, 0.25) is 5.65 Å². The molecule has 0 spiro atoms. The Balaban J connectivity index is 1.74. The zero-order valence-corrected chi connectivity index (χ0v) is 11.3. The minimum atomic E-state index is 0.761. The van der Waals surface area contributed by atoms with Gasteiger partial charge in [0.25, 0.3) is 0 Å². The summed E-state index contributed by atoms with van der Waals surface area (Å²) in [7, 11) is 0. The molecule has 0 bridgehead atoms. The van der Waals surface area contributed by atoms with Gasteiger partial charge in [-0.2, -0.15) is 11.8 Å². The molecule has 0 atom stereocenters. The first-order valence-electron chi connectivity index (χ1n) is 6.32. The van der Waals surface area contributed by atoms with E-state index in [1.54, 1.807) is 6.20 Å². The van der Waals surface area contributed by atoms with Crippen LogP contribution in [-0.2, 0) is 0 Å². The standard InChI is InChI=1S/C12H17N5S/c1-9-15-16-12-11(13-4-5-17(9)12)14-8-10-2-6-18-7-3-10/h4-5,10H,2-3,6-8H2,1H3,(H,13,14). The Labute approximate surface area is 110 Å². The second kappa shape index (κ2) is 5.14. The first-order chi connectivity index (χ1) is 8.84. The molecule has 1 N–H and O–H groups in total. The highest BCUT2D eigenvalue weighted by Crippen LogP contribution is 2.23. The highest BCUT2D eigenvalue weighted by Gasteiger charge is 2.14. The molecule has 2 aromatic rings. The Morgan fingerprint density at radius 3 is 3.06 bits per heavy atom. The van der Waals surface area contributed by atoms with Crippen molar-refractivity contribution in [3.8, 4) is 0 Å². The van der Waals surface area contributed by atoms with E-state index in [4.69, 9.17) is 0 Å². The predicted molar refractivity (Wildman–Crippen MR) is 74.1 cm³/mol. The van der Waals surface area contributed by atoms with Gasteiger partial charge in [0, 0.05) is 18.9 Å². The minimum Gasteiger partial charge on any atom is -0.367 e. The number of aromatic nitrogens is 4. The van der Waals surface area contributed by atoms with Crippen LogP contribution in [0, 0.1) is 12.8 Å². The van der Waals surface area contributed by atoms with Crippen LogP contribution >= 0.6 is 11.8 Å². The van der Waals surface area contributed by atoms with Gasteiger partial charge in [-0.3, -0.25) is 4.40 Å². The molecular formula is C12H17N5S. The summed E-state index contributed by atoms with van der Waals surface area (Å²) < 4.78 is 1.96. The maximum absolute atomic E-state index is 4.36. The Bertz CT molecular complexity index is 532. The average molecular weight is 263 g/mol. The zero-order valence-electron chi connectivity index (χ0n) is 10.5. The van der Waals surface area contributed by atoms with E-state index in [2.05, 4.69) is 32.3 Å². The molecule has 0 saturated carbocycles. The molecule has 1 aliphatic heterocycles. The monoisotopic (exact) mass is 263 g/mol.